The van der Waals surface area contributed by atoms with Gasteiger partial charge in [-0.2, -0.15) is 18.4 Å². The Hall–Kier alpha value is -4.79. The van der Waals surface area contributed by atoms with Crippen molar-refractivity contribution in [1.29, 1.82) is 5.26 Å². The predicted octanol–water partition coefficient (Wildman–Crippen LogP) is 5.84. The molecule has 0 aromatic heterocycles. The lowest BCUT2D eigenvalue weighted by atomic mass is 9.97. The van der Waals surface area contributed by atoms with Gasteiger partial charge in [-0.15, -0.1) is 0 Å². The molecule has 2 aliphatic heterocycles. The topological polar surface area (TPSA) is 103 Å². The molecule has 0 bridgehead atoms. The second kappa shape index (κ2) is 10.6. The van der Waals surface area contributed by atoms with Gasteiger partial charge in [-0.1, -0.05) is 18.2 Å². The van der Waals surface area contributed by atoms with Crippen LogP contribution in [0.5, 0.6) is 11.5 Å². The quantitative estimate of drug-likeness (QED) is 0.357. The SMILES string of the molecule is CCN(c1ccc(C#N)cc1F)c1cccc2c1OC[C@H]2N(C(=O)C(F)(F)F)c1ccc2c(c1)OC[C@H]2CC(=O)O. The molecular weight excluding hydrogens is 546 g/mol. The number of ether oxygens (including phenoxy) is 2. The molecule has 12 heteroatoms. The monoisotopic (exact) mass is 569 g/mol. The van der Waals surface area contributed by atoms with E-state index >= 15 is 0 Å². The first-order valence-corrected chi connectivity index (χ1v) is 12.6. The number of hydrogen-bond donors (Lipinski definition) is 1. The van der Waals surface area contributed by atoms with E-state index < -0.39 is 35.8 Å². The number of rotatable bonds is 7. The zero-order valence-electron chi connectivity index (χ0n) is 21.6. The first-order chi connectivity index (χ1) is 19.5. The summed E-state index contributed by atoms with van der Waals surface area (Å²) in [6.07, 6.45) is -5.43. The molecule has 41 heavy (non-hydrogen) atoms. The van der Waals surface area contributed by atoms with Gasteiger partial charge < -0.3 is 19.5 Å². The van der Waals surface area contributed by atoms with Crippen LogP contribution in [0, 0.1) is 17.1 Å². The van der Waals surface area contributed by atoms with Crippen molar-refractivity contribution in [3.8, 4) is 17.6 Å². The standard InChI is InChI=1S/C29H23F4N3O5/c1-2-35(22-9-6-16(13-34)10-21(22)30)23-5-3-4-20-24(15-41-27(20)23)36(28(39)29(31,32)33)18-7-8-19-17(11-26(37)38)14-40-25(19)12-18/h3-10,12,17,24H,2,11,14-15H2,1H3,(H,37,38)/t17-,24-/m1/s1. The molecule has 0 spiro atoms. The fourth-order valence-electron chi connectivity index (χ4n) is 5.28. The average Bonchev–Trinajstić information content (AvgIpc) is 3.54. The predicted molar refractivity (Wildman–Crippen MR) is 139 cm³/mol. The van der Waals surface area contributed by atoms with Crippen LogP contribution in [-0.4, -0.2) is 42.9 Å². The summed E-state index contributed by atoms with van der Waals surface area (Å²) in [5.41, 5.74) is 1.37. The molecule has 0 fully saturated rings. The molecular formula is C29H23F4N3O5. The Kier molecular flexibility index (Phi) is 7.21. The van der Waals surface area contributed by atoms with Gasteiger partial charge in [0.15, 0.2) is 0 Å². The van der Waals surface area contributed by atoms with Crippen molar-refractivity contribution in [1.82, 2.24) is 0 Å². The van der Waals surface area contributed by atoms with Crippen LogP contribution in [0.15, 0.2) is 54.6 Å². The first kappa shape index (κ1) is 27.8. The number of anilines is 3. The summed E-state index contributed by atoms with van der Waals surface area (Å²) >= 11 is 0. The van der Waals surface area contributed by atoms with E-state index in [1.165, 1.54) is 30.3 Å². The van der Waals surface area contributed by atoms with Crippen molar-refractivity contribution in [2.75, 3.05) is 29.6 Å². The van der Waals surface area contributed by atoms with Gasteiger partial charge in [0.25, 0.3) is 0 Å². The van der Waals surface area contributed by atoms with Crippen molar-refractivity contribution < 1.29 is 41.7 Å². The highest BCUT2D eigenvalue weighted by Crippen LogP contribution is 2.48. The highest BCUT2D eigenvalue weighted by molar-refractivity contribution is 5.98. The van der Waals surface area contributed by atoms with Crippen LogP contribution >= 0.6 is 0 Å². The minimum absolute atomic E-state index is 0.0514. The Morgan fingerprint density at radius 2 is 1.83 bits per heavy atom. The second-order valence-corrected chi connectivity index (χ2v) is 9.55. The maximum Gasteiger partial charge on any atom is 0.471 e. The van der Waals surface area contributed by atoms with Crippen LogP contribution in [0.4, 0.5) is 34.6 Å². The van der Waals surface area contributed by atoms with Crippen molar-refractivity contribution in [3.63, 3.8) is 0 Å². The third-order valence-corrected chi connectivity index (χ3v) is 7.09. The number of halogens is 4. The van der Waals surface area contributed by atoms with Crippen molar-refractivity contribution >= 4 is 28.9 Å². The number of nitriles is 1. The Labute approximate surface area is 231 Å². The summed E-state index contributed by atoms with van der Waals surface area (Å²) in [7, 11) is 0. The Morgan fingerprint density at radius 1 is 1.05 bits per heavy atom. The van der Waals surface area contributed by atoms with Gasteiger partial charge in [0.2, 0.25) is 0 Å². The highest BCUT2D eigenvalue weighted by atomic mass is 19.4. The lowest BCUT2D eigenvalue weighted by Gasteiger charge is -2.30. The van der Waals surface area contributed by atoms with Crippen LogP contribution < -0.4 is 19.3 Å². The number of amides is 1. The normalized spacial score (nSPS) is 17.1. The fourth-order valence-corrected chi connectivity index (χ4v) is 5.28. The second-order valence-electron chi connectivity index (χ2n) is 9.55. The smallest absolute Gasteiger partial charge is 0.471 e. The van der Waals surface area contributed by atoms with E-state index in [0.29, 0.717) is 16.2 Å². The van der Waals surface area contributed by atoms with Crippen molar-refractivity contribution in [3.05, 3.63) is 77.1 Å². The summed E-state index contributed by atoms with van der Waals surface area (Å²) in [5.74, 6) is -3.88. The number of fused-ring (bicyclic) bond motifs is 2. The van der Waals surface area contributed by atoms with E-state index in [9.17, 15) is 27.2 Å². The molecule has 5 rings (SSSR count). The first-order valence-electron chi connectivity index (χ1n) is 12.6. The molecule has 212 valence electrons. The number of carboxylic acids is 1. The number of alkyl halides is 3. The molecule has 3 aromatic rings. The van der Waals surface area contributed by atoms with Crippen LogP contribution in [0.1, 0.15) is 42.0 Å². The third kappa shape index (κ3) is 5.11. The molecule has 0 aliphatic carbocycles. The van der Waals surface area contributed by atoms with Crippen LogP contribution in [0.25, 0.3) is 0 Å². The molecule has 2 aliphatic rings. The van der Waals surface area contributed by atoms with Crippen molar-refractivity contribution in [2.24, 2.45) is 0 Å². The maximum atomic E-state index is 14.9. The number of carboxylic acid groups (broad SMARTS) is 1. The Morgan fingerprint density at radius 3 is 2.49 bits per heavy atom. The van der Waals surface area contributed by atoms with Gasteiger partial charge in [0, 0.05) is 35.3 Å². The number of hydrogen-bond acceptors (Lipinski definition) is 6. The molecule has 8 nitrogen and oxygen atoms in total. The van der Waals surface area contributed by atoms with Crippen LogP contribution in [0.3, 0.4) is 0 Å². The molecule has 1 N–H and O–H groups in total. The molecule has 0 unspecified atom stereocenters. The van der Waals surface area contributed by atoms with Gasteiger partial charge in [0.1, 0.15) is 23.9 Å². The number of benzene rings is 3. The Bertz CT molecular complexity index is 1570. The minimum atomic E-state index is -5.22. The molecule has 2 heterocycles. The summed E-state index contributed by atoms with van der Waals surface area (Å²) in [4.78, 5) is 26.2. The largest absolute Gasteiger partial charge is 0.493 e. The third-order valence-electron chi connectivity index (χ3n) is 7.09. The zero-order valence-corrected chi connectivity index (χ0v) is 21.6. The van der Waals surface area contributed by atoms with E-state index in [1.54, 1.807) is 30.0 Å². The zero-order chi connectivity index (χ0) is 29.5. The number of nitrogens with zero attached hydrogens (tertiary/aromatic N) is 3. The van der Waals surface area contributed by atoms with Gasteiger partial charge in [-0.3, -0.25) is 14.5 Å². The molecule has 0 saturated carbocycles. The summed E-state index contributed by atoms with van der Waals surface area (Å²) in [6, 6.07) is 13.5. The van der Waals surface area contributed by atoms with E-state index in [-0.39, 0.29) is 60.2 Å². The van der Waals surface area contributed by atoms with E-state index in [1.807, 2.05) is 6.07 Å². The van der Waals surface area contributed by atoms with Gasteiger partial charge in [0.05, 0.1) is 42.1 Å². The Balaban J connectivity index is 1.56. The van der Waals surface area contributed by atoms with Crippen LogP contribution in [-0.2, 0) is 9.59 Å². The summed E-state index contributed by atoms with van der Waals surface area (Å²) < 4.78 is 68.0. The van der Waals surface area contributed by atoms with Gasteiger partial charge in [-0.05, 0) is 37.3 Å². The van der Waals surface area contributed by atoms with Crippen molar-refractivity contribution in [2.45, 2.75) is 31.5 Å². The summed E-state index contributed by atoms with van der Waals surface area (Å²) in [6.45, 7) is 1.76. The highest BCUT2D eigenvalue weighted by Gasteiger charge is 2.48. The lowest BCUT2D eigenvalue weighted by molar-refractivity contribution is -0.171. The molecule has 2 atom stereocenters. The maximum absolute atomic E-state index is 14.9. The average molecular weight is 570 g/mol. The number of para-hydroxylation sites is 1. The summed E-state index contributed by atoms with van der Waals surface area (Å²) in [5, 5.41) is 18.2. The minimum Gasteiger partial charge on any atom is -0.493 e. The van der Waals surface area contributed by atoms with E-state index in [2.05, 4.69) is 0 Å². The van der Waals surface area contributed by atoms with Crippen LogP contribution in [0.2, 0.25) is 0 Å². The van der Waals surface area contributed by atoms with E-state index in [0.717, 1.165) is 6.07 Å². The van der Waals surface area contributed by atoms with Gasteiger partial charge >= 0.3 is 18.1 Å². The molecule has 0 saturated heterocycles. The fraction of sp³-hybridized carbons (Fsp3) is 0.276. The number of aliphatic carboxylic acids is 1. The molecule has 1 amide bonds. The van der Waals surface area contributed by atoms with Gasteiger partial charge in [-0.25, -0.2) is 4.39 Å². The molecule has 3 aromatic carbocycles. The number of carbonyl (C=O) groups is 2. The van der Waals surface area contributed by atoms with E-state index in [4.69, 9.17) is 19.8 Å². The molecule has 0 radical (unpaired) electrons. The lowest BCUT2D eigenvalue weighted by Crippen LogP contribution is -2.44. The number of carbonyl (C=O) groups excluding carboxylic acids is 1.